The predicted octanol–water partition coefficient (Wildman–Crippen LogP) is 3.76. The van der Waals surface area contributed by atoms with E-state index < -0.39 is 0 Å². The van der Waals surface area contributed by atoms with Crippen molar-refractivity contribution >= 4 is 23.2 Å². The Kier molecular flexibility index (Phi) is 6.65. The van der Waals surface area contributed by atoms with Crippen molar-refractivity contribution in [2.75, 3.05) is 38.0 Å². The largest absolute Gasteiger partial charge is 0.419 e. The predicted molar refractivity (Wildman–Crippen MR) is 121 cm³/mol. The minimum atomic E-state index is 0.0171. The molecule has 1 saturated heterocycles. The monoisotopic (exact) mass is 439 g/mol. The third kappa shape index (κ3) is 5.31. The highest BCUT2D eigenvalue weighted by Crippen LogP contribution is 2.26. The van der Waals surface area contributed by atoms with Crippen molar-refractivity contribution in [3.05, 3.63) is 64.5 Å². The Morgan fingerprint density at radius 3 is 2.55 bits per heavy atom. The van der Waals surface area contributed by atoms with Crippen LogP contribution in [0.25, 0.3) is 11.5 Å². The van der Waals surface area contributed by atoms with Gasteiger partial charge in [0.25, 0.3) is 0 Å². The first-order valence-electron chi connectivity index (χ1n) is 10.4. The van der Waals surface area contributed by atoms with Crippen LogP contribution in [-0.2, 0) is 11.3 Å². The highest BCUT2D eigenvalue weighted by molar-refractivity contribution is 6.33. The summed E-state index contributed by atoms with van der Waals surface area (Å²) < 4.78 is 5.81. The van der Waals surface area contributed by atoms with Crippen molar-refractivity contribution in [3.8, 4) is 11.5 Å². The molecule has 1 aromatic heterocycles. The van der Waals surface area contributed by atoms with Crippen LogP contribution in [-0.4, -0.2) is 58.6 Å². The van der Waals surface area contributed by atoms with Crippen LogP contribution >= 0.6 is 11.6 Å². The second kappa shape index (κ2) is 9.60. The molecule has 162 valence electrons. The van der Waals surface area contributed by atoms with E-state index in [0.717, 1.165) is 43.0 Å². The van der Waals surface area contributed by atoms with Gasteiger partial charge in [-0.3, -0.25) is 14.6 Å². The van der Waals surface area contributed by atoms with E-state index in [9.17, 15) is 4.79 Å². The van der Waals surface area contributed by atoms with E-state index in [4.69, 9.17) is 16.0 Å². The molecule has 0 bridgehead atoms. The molecule has 0 atom stereocenters. The fourth-order valence-electron chi connectivity index (χ4n) is 3.64. The fourth-order valence-corrected chi connectivity index (χ4v) is 3.85. The van der Waals surface area contributed by atoms with Gasteiger partial charge in [-0.15, -0.1) is 10.2 Å². The molecule has 1 aliphatic heterocycles. The van der Waals surface area contributed by atoms with Crippen LogP contribution in [0, 0.1) is 13.8 Å². The molecule has 2 aromatic carbocycles. The number of carbonyl (C=O) groups is 1. The molecule has 0 saturated carbocycles. The quantitative estimate of drug-likeness (QED) is 0.630. The van der Waals surface area contributed by atoms with E-state index in [1.165, 1.54) is 5.56 Å². The Morgan fingerprint density at radius 1 is 1.03 bits per heavy atom. The smallest absolute Gasteiger partial charge is 0.249 e. The Bertz CT molecular complexity index is 1060. The average Bonchev–Trinajstić information content (AvgIpc) is 3.21. The average molecular weight is 440 g/mol. The highest BCUT2D eigenvalue weighted by atomic mass is 35.5. The van der Waals surface area contributed by atoms with Crippen LogP contribution in [0.15, 0.2) is 46.9 Å². The Morgan fingerprint density at radius 2 is 1.77 bits per heavy atom. The summed E-state index contributed by atoms with van der Waals surface area (Å²) in [6, 6.07) is 13.4. The van der Waals surface area contributed by atoms with Gasteiger partial charge in [0.15, 0.2) is 0 Å². The summed E-state index contributed by atoms with van der Waals surface area (Å²) in [5.74, 6) is 1.02. The molecule has 0 unspecified atom stereocenters. The van der Waals surface area contributed by atoms with Crippen molar-refractivity contribution < 1.29 is 9.21 Å². The number of carbonyl (C=O) groups excluding carboxylic acids is 1. The van der Waals surface area contributed by atoms with Gasteiger partial charge >= 0.3 is 0 Å². The van der Waals surface area contributed by atoms with Crippen molar-refractivity contribution in [1.82, 2.24) is 20.0 Å². The zero-order valence-electron chi connectivity index (χ0n) is 17.8. The van der Waals surface area contributed by atoms with Gasteiger partial charge in [0, 0.05) is 31.9 Å². The number of benzene rings is 2. The van der Waals surface area contributed by atoms with Crippen LogP contribution in [0.4, 0.5) is 5.69 Å². The van der Waals surface area contributed by atoms with Gasteiger partial charge in [-0.25, -0.2) is 0 Å². The number of amides is 1. The van der Waals surface area contributed by atoms with Gasteiger partial charge in [0.1, 0.15) is 0 Å². The molecule has 0 aliphatic carbocycles. The third-order valence-corrected chi connectivity index (χ3v) is 5.97. The van der Waals surface area contributed by atoms with Crippen molar-refractivity contribution in [2.24, 2.45) is 0 Å². The van der Waals surface area contributed by atoms with Crippen LogP contribution in [0.5, 0.6) is 0 Å². The van der Waals surface area contributed by atoms with Gasteiger partial charge in [-0.2, -0.15) is 0 Å². The Balaban J connectivity index is 1.26. The molecule has 0 radical (unpaired) electrons. The zero-order chi connectivity index (χ0) is 21.8. The summed E-state index contributed by atoms with van der Waals surface area (Å²) in [5, 5.41) is 11.9. The van der Waals surface area contributed by atoms with E-state index in [0.29, 0.717) is 29.9 Å². The molecule has 7 nitrogen and oxygen atoms in total. The summed E-state index contributed by atoms with van der Waals surface area (Å²) >= 11 is 6.21. The summed E-state index contributed by atoms with van der Waals surface area (Å²) in [5.41, 5.74) is 3.90. The molecule has 1 fully saturated rings. The molecular weight excluding hydrogens is 414 g/mol. The molecule has 4 rings (SSSR count). The van der Waals surface area contributed by atoms with Gasteiger partial charge in [-0.05, 0) is 43.2 Å². The molecule has 2 heterocycles. The molecule has 31 heavy (non-hydrogen) atoms. The number of nitrogens with zero attached hydrogens (tertiary/aromatic N) is 4. The second-order valence-corrected chi connectivity index (χ2v) is 8.24. The molecular formula is C23H26ClN5O2. The van der Waals surface area contributed by atoms with Crippen LogP contribution in [0.1, 0.15) is 17.0 Å². The summed E-state index contributed by atoms with van der Waals surface area (Å²) in [6.07, 6.45) is 0. The standard InChI is InChI=1S/C23H26ClN5O2/c1-16-6-5-9-20(17(16)2)25-21(30)14-28-10-12-29(13-11-28)15-22-26-27-23(31-22)18-7-3-4-8-19(18)24/h3-9H,10-15H2,1-2H3,(H,25,30). The van der Waals surface area contributed by atoms with Gasteiger partial charge in [-0.1, -0.05) is 35.9 Å². The van der Waals surface area contributed by atoms with Crippen molar-refractivity contribution in [1.29, 1.82) is 0 Å². The molecule has 8 heteroatoms. The molecule has 1 amide bonds. The van der Waals surface area contributed by atoms with Crippen LogP contribution in [0.2, 0.25) is 5.02 Å². The summed E-state index contributed by atoms with van der Waals surface area (Å²) in [6.45, 7) is 8.33. The number of rotatable bonds is 6. The first kappa shape index (κ1) is 21.5. The number of piperazine rings is 1. The Hall–Kier alpha value is -2.74. The number of halogens is 1. The summed E-state index contributed by atoms with van der Waals surface area (Å²) in [4.78, 5) is 16.9. The Labute approximate surface area is 187 Å². The van der Waals surface area contributed by atoms with Crippen molar-refractivity contribution in [2.45, 2.75) is 20.4 Å². The minimum absolute atomic E-state index is 0.0171. The zero-order valence-corrected chi connectivity index (χ0v) is 18.5. The van der Waals surface area contributed by atoms with E-state index in [-0.39, 0.29) is 5.91 Å². The fraction of sp³-hybridized carbons (Fsp3) is 0.348. The lowest BCUT2D eigenvalue weighted by atomic mass is 10.1. The molecule has 3 aromatic rings. The lowest BCUT2D eigenvalue weighted by Gasteiger charge is -2.33. The molecule has 1 aliphatic rings. The maximum Gasteiger partial charge on any atom is 0.249 e. The maximum atomic E-state index is 12.5. The number of nitrogens with one attached hydrogen (secondary N) is 1. The number of anilines is 1. The van der Waals surface area contributed by atoms with Gasteiger partial charge in [0.05, 0.1) is 23.7 Å². The molecule has 1 N–H and O–H groups in total. The minimum Gasteiger partial charge on any atom is -0.419 e. The van der Waals surface area contributed by atoms with Crippen LogP contribution in [0.3, 0.4) is 0 Å². The lowest BCUT2D eigenvalue weighted by Crippen LogP contribution is -2.48. The van der Waals surface area contributed by atoms with Crippen LogP contribution < -0.4 is 5.32 Å². The van der Waals surface area contributed by atoms with E-state index in [2.05, 4.69) is 25.3 Å². The normalized spacial score (nSPS) is 15.2. The number of aromatic nitrogens is 2. The second-order valence-electron chi connectivity index (χ2n) is 7.83. The maximum absolute atomic E-state index is 12.5. The van der Waals surface area contributed by atoms with Crippen molar-refractivity contribution in [3.63, 3.8) is 0 Å². The molecule has 0 spiro atoms. The van der Waals surface area contributed by atoms with E-state index in [1.807, 2.05) is 50.2 Å². The number of aryl methyl sites for hydroxylation is 1. The lowest BCUT2D eigenvalue weighted by molar-refractivity contribution is -0.117. The number of hydrogen-bond donors (Lipinski definition) is 1. The van der Waals surface area contributed by atoms with E-state index in [1.54, 1.807) is 6.07 Å². The number of hydrogen-bond acceptors (Lipinski definition) is 6. The van der Waals surface area contributed by atoms with Gasteiger partial charge < -0.3 is 9.73 Å². The third-order valence-electron chi connectivity index (χ3n) is 5.64. The van der Waals surface area contributed by atoms with Gasteiger partial charge in [0.2, 0.25) is 17.7 Å². The SMILES string of the molecule is Cc1cccc(NC(=O)CN2CCN(Cc3nnc(-c4ccccc4Cl)o3)CC2)c1C. The highest BCUT2D eigenvalue weighted by Gasteiger charge is 2.21. The van der Waals surface area contributed by atoms with E-state index >= 15 is 0 Å². The first-order chi connectivity index (χ1) is 15.0. The summed E-state index contributed by atoms with van der Waals surface area (Å²) in [7, 11) is 0. The topological polar surface area (TPSA) is 74.5 Å². The first-order valence-corrected chi connectivity index (χ1v) is 10.8.